The normalized spacial score (nSPS) is 14.0. The van der Waals surface area contributed by atoms with Crippen LogP contribution in [0.25, 0.3) is 0 Å². The molecule has 1 amide bonds. The van der Waals surface area contributed by atoms with E-state index in [2.05, 4.69) is 51.0 Å². The van der Waals surface area contributed by atoms with E-state index in [1.807, 2.05) is 6.92 Å². The van der Waals surface area contributed by atoms with Crippen molar-refractivity contribution >= 4 is 17.2 Å². The summed E-state index contributed by atoms with van der Waals surface area (Å²) < 4.78 is 1.56. The molecule has 2 atom stereocenters. The zero-order valence-corrected chi connectivity index (χ0v) is 14.1. The molecule has 22 heavy (non-hydrogen) atoms. The minimum atomic E-state index is -0.359. The lowest BCUT2D eigenvalue weighted by Crippen LogP contribution is -2.40. The highest BCUT2D eigenvalue weighted by Crippen LogP contribution is 2.22. The lowest BCUT2D eigenvalue weighted by Gasteiger charge is -2.29. The third kappa shape index (κ3) is 3.92. The molecule has 0 aliphatic rings. The first kappa shape index (κ1) is 16.6. The average Bonchev–Trinajstić information content (AvgIpc) is 3.23. The van der Waals surface area contributed by atoms with Gasteiger partial charge in [0, 0.05) is 6.54 Å². The highest BCUT2D eigenvalue weighted by Gasteiger charge is 2.21. The fourth-order valence-corrected chi connectivity index (χ4v) is 3.18. The lowest BCUT2D eigenvalue weighted by atomic mass is 10.1. The van der Waals surface area contributed by atoms with Gasteiger partial charge in [-0.25, -0.2) is 9.67 Å². The number of nitrogens with one attached hydrogen (secondary N) is 1. The number of aromatic nitrogens is 3. The highest BCUT2D eigenvalue weighted by atomic mass is 32.1. The van der Waals surface area contributed by atoms with Crippen LogP contribution in [0.5, 0.6) is 0 Å². The summed E-state index contributed by atoms with van der Waals surface area (Å²) in [6.07, 6.45) is 3.00. The third-order valence-corrected chi connectivity index (χ3v) is 4.57. The number of thiophene rings is 1. The van der Waals surface area contributed by atoms with Gasteiger partial charge in [0.05, 0.1) is 6.04 Å². The Kier molecular flexibility index (Phi) is 6.09. The molecule has 2 aromatic heterocycles. The van der Waals surface area contributed by atoms with Crippen LogP contribution in [0.4, 0.5) is 0 Å². The number of likely N-dealkylation sites (N-methyl/N-ethyl adjacent to an activating group) is 1. The molecule has 120 valence electrons. The molecule has 1 N–H and O–H groups in total. The van der Waals surface area contributed by atoms with Crippen LogP contribution in [0.1, 0.15) is 38.4 Å². The summed E-state index contributed by atoms with van der Waals surface area (Å²) in [6.45, 7) is 8.60. The molecule has 0 spiro atoms. The Hall–Kier alpha value is -1.73. The van der Waals surface area contributed by atoms with Crippen LogP contribution in [0.3, 0.4) is 0 Å². The van der Waals surface area contributed by atoms with Gasteiger partial charge in [-0.05, 0) is 42.4 Å². The van der Waals surface area contributed by atoms with Crippen LogP contribution < -0.4 is 5.32 Å². The molecule has 2 rings (SSSR count). The topological polar surface area (TPSA) is 63.1 Å². The molecule has 7 heteroatoms. The molecule has 0 fully saturated rings. The first-order valence-electron chi connectivity index (χ1n) is 7.55. The van der Waals surface area contributed by atoms with Crippen LogP contribution in [0.2, 0.25) is 0 Å². The van der Waals surface area contributed by atoms with Gasteiger partial charge in [0.15, 0.2) is 0 Å². The van der Waals surface area contributed by atoms with E-state index in [-0.39, 0.29) is 18.0 Å². The average molecular weight is 321 g/mol. The van der Waals surface area contributed by atoms with Crippen molar-refractivity contribution in [2.45, 2.75) is 32.9 Å². The van der Waals surface area contributed by atoms with Gasteiger partial charge in [-0.1, -0.05) is 13.8 Å². The molecular weight excluding hydrogens is 298 g/mol. The second-order valence-corrected chi connectivity index (χ2v) is 5.87. The summed E-state index contributed by atoms with van der Waals surface area (Å²) in [5, 5.41) is 11.3. The fourth-order valence-electron chi connectivity index (χ4n) is 2.47. The monoisotopic (exact) mass is 321 g/mol. The minimum absolute atomic E-state index is 0.0436. The molecule has 0 bridgehead atoms. The summed E-state index contributed by atoms with van der Waals surface area (Å²) in [5.74, 6) is -0.0436. The Morgan fingerprint density at radius 3 is 2.77 bits per heavy atom. The zero-order valence-electron chi connectivity index (χ0n) is 13.3. The number of hydrogen-bond acceptors (Lipinski definition) is 5. The van der Waals surface area contributed by atoms with Gasteiger partial charge in [0.1, 0.15) is 18.7 Å². The van der Waals surface area contributed by atoms with Crippen molar-refractivity contribution < 1.29 is 4.79 Å². The number of carbonyl (C=O) groups is 1. The molecule has 0 saturated carbocycles. The number of carbonyl (C=O) groups excluding carboxylic acids is 1. The summed E-state index contributed by atoms with van der Waals surface area (Å²) in [6, 6.07) is 1.97. The van der Waals surface area contributed by atoms with Gasteiger partial charge in [0.2, 0.25) is 5.91 Å². The van der Waals surface area contributed by atoms with Crippen molar-refractivity contribution in [1.82, 2.24) is 25.0 Å². The van der Waals surface area contributed by atoms with E-state index in [0.29, 0.717) is 6.54 Å². The van der Waals surface area contributed by atoms with Gasteiger partial charge >= 0.3 is 0 Å². The van der Waals surface area contributed by atoms with E-state index >= 15 is 0 Å². The highest BCUT2D eigenvalue weighted by molar-refractivity contribution is 7.07. The standard InChI is InChI=1S/C15H23N5OS/c1-4-19(5-2)14(13-6-7-22-9-13)8-17-15(21)12(3)20-11-16-10-18-20/h6-7,9-12,14H,4-5,8H2,1-3H3,(H,17,21)/t12-,14+/m0/s1. The number of hydrogen-bond donors (Lipinski definition) is 1. The lowest BCUT2D eigenvalue weighted by molar-refractivity contribution is -0.124. The summed E-state index contributed by atoms with van der Waals surface area (Å²) in [5.41, 5.74) is 1.25. The van der Waals surface area contributed by atoms with Crippen molar-refractivity contribution in [3.8, 4) is 0 Å². The number of nitrogens with zero attached hydrogens (tertiary/aromatic N) is 4. The Bertz CT molecular complexity index is 551. The predicted molar refractivity (Wildman–Crippen MR) is 87.7 cm³/mol. The van der Waals surface area contributed by atoms with Crippen molar-refractivity contribution in [3.63, 3.8) is 0 Å². The van der Waals surface area contributed by atoms with E-state index in [1.165, 1.54) is 11.9 Å². The Morgan fingerprint density at radius 2 is 2.23 bits per heavy atom. The van der Waals surface area contributed by atoms with E-state index in [1.54, 1.807) is 22.3 Å². The van der Waals surface area contributed by atoms with Gasteiger partial charge < -0.3 is 5.32 Å². The first-order valence-corrected chi connectivity index (χ1v) is 8.49. The molecule has 0 saturated heterocycles. The van der Waals surface area contributed by atoms with Crippen LogP contribution in [0.15, 0.2) is 29.5 Å². The summed E-state index contributed by atoms with van der Waals surface area (Å²) in [4.78, 5) is 18.5. The van der Waals surface area contributed by atoms with Crippen LogP contribution in [-0.4, -0.2) is 45.2 Å². The SMILES string of the molecule is CCN(CC)[C@H](CNC(=O)[C@H](C)n1cncn1)c1ccsc1. The first-order chi connectivity index (χ1) is 10.7. The van der Waals surface area contributed by atoms with Crippen LogP contribution in [0, 0.1) is 0 Å². The molecule has 0 unspecified atom stereocenters. The predicted octanol–water partition coefficient (Wildman–Crippen LogP) is 2.10. The summed E-state index contributed by atoms with van der Waals surface area (Å²) in [7, 11) is 0. The van der Waals surface area contributed by atoms with Gasteiger partial charge in [-0.15, -0.1) is 0 Å². The van der Waals surface area contributed by atoms with Crippen LogP contribution >= 0.6 is 11.3 Å². The van der Waals surface area contributed by atoms with Gasteiger partial charge in [0.25, 0.3) is 0 Å². The third-order valence-electron chi connectivity index (χ3n) is 3.86. The minimum Gasteiger partial charge on any atom is -0.352 e. The second kappa shape index (κ2) is 8.05. The quantitative estimate of drug-likeness (QED) is 0.809. The molecule has 0 aliphatic heterocycles. The molecular formula is C15H23N5OS. The van der Waals surface area contributed by atoms with Crippen molar-refractivity contribution in [3.05, 3.63) is 35.0 Å². The van der Waals surface area contributed by atoms with E-state index in [4.69, 9.17) is 0 Å². The van der Waals surface area contributed by atoms with Crippen molar-refractivity contribution in [2.24, 2.45) is 0 Å². The molecule has 2 heterocycles. The van der Waals surface area contributed by atoms with E-state index in [9.17, 15) is 4.79 Å². The molecule has 0 aromatic carbocycles. The second-order valence-electron chi connectivity index (χ2n) is 5.09. The Balaban J connectivity index is 2.00. The molecule has 0 aliphatic carbocycles. The van der Waals surface area contributed by atoms with E-state index in [0.717, 1.165) is 13.1 Å². The fraction of sp³-hybridized carbons (Fsp3) is 0.533. The largest absolute Gasteiger partial charge is 0.352 e. The number of amides is 1. The van der Waals surface area contributed by atoms with Crippen molar-refractivity contribution in [1.29, 1.82) is 0 Å². The smallest absolute Gasteiger partial charge is 0.244 e. The molecule has 6 nitrogen and oxygen atoms in total. The Labute approximate surface area is 135 Å². The molecule has 2 aromatic rings. The number of rotatable bonds is 8. The maximum atomic E-state index is 12.3. The summed E-state index contributed by atoms with van der Waals surface area (Å²) >= 11 is 1.68. The van der Waals surface area contributed by atoms with Gasteiger partial charge in [-0.2, -0.15) is 16.4 Å². The Morgan fingerprint density at radius 1 is 1.45 bits per heavy atom. The maximum Gasteiger partial charge on any atom is 0.244 e. The van der Waals surface area contributed by atoms with Crippen molar-refractivity contribution in [2.75, 3.05) is 19.6 Å². The van der Waals surface area contributed by atoms with Crippen LogP contribution in [-0.2, 0) is 4.79 Å². The van der Waals surface area contributed by atoms with Gasteiger partial charge in [-0.3, -0.25) is 9.69 Å². The van der Waals surface area contributed by atoms with E-state index < -0.39 is 0 Å². The zero-order chi connectivity index (χ0) is 15.9. The maximum absolute atomic E-state index is 12.3. The molecule has 0 radical (unpaired) electrons.